The topological polar surface area (TPSA) is 68.1 Å². The number of rotatable bonds is 3. The van der Waals surface area contributed by atoms with Gasteiger partial charge in [-0.05, 0) is 53.0 Å². The number of hydrogen-bond donors (Lipinski definition) is 0. The van der Waals surface area contributed by atoms with Crippen LogP contribution in [-0.2, 0) is 17.1 Å². The molecule has 0 unspecified atom stereocenters. The van der Waals surface area contributed by atoms with E-state index < -0.39 is 10.0 Å². The molecule has 0 radical (unpaired) electrons. The number of anilines is 1. The van der Waals surface area contributed by atoms with Crippen molar-refractivity contribution in [2.24, 2.45) is 7.05 Å². The number of nitrogens with zero attached hydrogens (tertiary/aromatic N) is 4. The molecule has 108 valence electrons. The van der Waals surface area contributed by atoms with E-state index in [1.54, 1.807) is 7.05 Å². The highest BCUT2D eigenvalue weighted by molar-refractivity contribution is 9.10. The van der Waals surface area contributed by atoms with E-state index in [9.17, 15) is 8.42 Å². The molecule has 20 heavy (non-hydrogen) atoms. The van der Waals surface area contributed by atoms with Gasteiger partial charge in [-0.25, -0.2) is 4.68 Å². The summed E-state index contributed by atoms with van der Waals surface area (Å²) >= 11 is 3.12. The maximum Gasteiger partial charge on any atom is 0.284 e. The fraction of sp³-hybridized carbons (Fsp3) is 0.333. The number of hydrogen-bond acceptors (Lipinski definition) is 4. The van der Waals surface area contributed by atoms with Crippen LogP contribution in [0.5, 0.6) is 0 Å². The lowest BCUT2D eigenvalue weighted by atomic mass is 10.1. The van der Waals surface area contributed by atoms with Crippen molar-refractivity contribution >= 4 is 31.6 Å². The molecular weight excluding hydrogens is 344 g/mol. The summed E-state index contributed by atoms with van der Waals surface area (Å²) in [6.45, 7) is 3.86. The Kier molecular flexibility index (Phi) is 3.88. The van der Waals surface area contributed by atoms with Gasteiger partial charge in [0.15, 0.2) is 4.60 Å². The number of benzene rings is 1. The van der Waals surface area contributed by atoms with Crippen molar-refractivity contribution in [1.82, 2.24) is 15.0 Å². The highest BCUT2D eigenvalue weighted by Crippen LogP contribution is 2.27. The molecule has 0 aliphatic heterocycles. The molecule has 0 saturated carbocycles. The first-order valence-corrected chi connectivity index (χ1v) is 8.09. The molecule has 0 amide bonds. The van der Waals surface area contributed by atoms with Crippen LogP contribution in [0.2, 0.25) is 0 Å². The maximum absolute atomic E-state index is 12.7. The number of aryl methyl sites for hydroxylation is 3. The largest absolute Gasteiger partial charge is 0.284 e. The van der Waals surface area contributed by atoms with Crippen molar-refractivity contribution in [1.29, 1.82) is 0 Å². The van der Waals surface area contributed by atoms with E-state index in [1.165, 1.54) is 16.0 Å². The highest BCUT2D eigenvalue weighted by atomic mass is 79.9. The summed E-state index contributed by atoms with van der Waals surface area (Å²) in [5.41, 5.74) is 2.61. The zero-order valence-corrected chi connectivity index (χ0v) is 14.0. The van der Waals surface area contributed by atoms with Crippen molar-refractivity contribution < 1.29 is 8.42 Å². The van der Waals surface area contributed by atoms with Crippen LogP contribution in [0.4, 0.5) is 5.69 Å². The lowest BCUT2D eigenvalue weighted by Gasteiger charge is -2.20. The fourth-order valence-corrected chi connectivity index (χ4v) is 4.21. The van der Waals surface area contributed by atoms with E-state index in [0.29, 0.717) is 5.69 Å². The van der Waals surface area contributed by atoms with Crippen LogP contribution in [0.3, 0.4) is 0 Å². The third kappa shape index (κ3) is 2.57. The number of aromatic nitrogens is 3. The second-order valence-electron chi connectivity index (χ2n) is 4.63. The number of halogens is 1. The van der Waals surface area contributed by atoms with Gasteiger partial charge in [0, 0.05) is 14.1 Å². The van der Waals surface area contributed by atoms with E-state index in [1.807, 2.05) is 32.0 Å². The minimum Gasteiger partial charge on any atom is -0.268 e. The van der Waals surface area contributed by atoms with Gasteiger partial charge in [0.1, 0.15) is 0 Å². The van der Waals surface area contributed by atoms with Gasteiger partial charge >= 0.3 is 0 Å². The van der Waals surface area contributed by atoms with Gasteiger partial charge < -0.3 is 0 Å². The molecule has 0 fully saturated rings. The Bertz CT molecular complexity index is 715. The smallest absolute Gasteiger partial charge is 0.268 e. The van der Waals surface area contributed by atoms with E-state index >= 15 is 0 Å². The van der Waals surface area contributed by atoms with Crippen molar-refractivity contribution in [3.8, 4) is 0 Å². The lowest BCUT2D eigenvalue weighted by molar-refractivity contribution is 0.572. The Balaban J connectivity index is 2.54. The maximum atomic E-state index is 12.7. The van der Waals surface area contributed by atoms with Gasteiger partial charge in [-0.2, -0.15) is 8.42 Å². The van der Waals surface area contributed by atoms with Crippen LogP contribution in [0.15, 0.2) is 27.8 Å². The molecule has 0 N–H and O–H groups in total. The summed E-state index contributed by atoms with van der Waals surface area (Å²) in [7, 11) is -0.661. The molecule has 0 atom stereocenters. The monoisotopic (exact) mass is 358 g/mol. The normalized spacial score (nSPS) is 11.7. The molecular formula is C12H15BrN4O2S. The summed E-state index contributed by atoms with van der Waals surface area (Å²) in [4.78, 5) is 0. The van der Waals surface area contributed by atoms with Crippen molar-refractivity contribution in [2.45, 2.75) is 18.9 Å². The zero-order valence-electron chi connectivity index (χ0n) is 11.6. The second-order valence-corrected chi connectivity index (χ2v) is 7.26. The van der Waals surface area contributed by atoms with E-state index in [0.717, 1.165) is 11.1 Å². The van der Waals surface area contributed by atoms with Crippen molar-refractivity contribution in [3.63, 3.8) is 0 Å². The van der Waals surface area contributed by atoms with E-state index in [-0.39, 0.29) is 9.63 Å². The first-order chi connectivity index (χ1) is 9.23. The van der Waals surface area contributed by atoms with Crippen LogP contribution >= 0.6 is 15.9 Å². The molecule has 0 spiro atoms. The second kappa shape index (κ2) is 5.17. The number of sulfonamides is 1. The first-order valence-electron chi connectivity index (χ1n) is 5.86. The molecule has 0 aliphatic carbocycles. The summed E-state index contributed by atoms with van der Waals surface area (Å²) in [5, 5.41) is 7.45. The molecule has 0 bridgehead atoms. The Morgan fingerprint density at radius 3 is 2.20 bits per heavy atom. The summed E-state index contributed by atoms with van der Waals surface area (Å²) in [6.07, 6.45) is 0. The Hall–Kier alpha value is -1.41. The molecule has 0 aliphatic rings. The quantitative estimate of drug-likeness (QED) is 0.841. The van der Waals surface area contributed by atoms with Gasteiger partial charge in [-0.15, -0.1) is 5.10 Å². The SMILES string of the molecule is Cc1cc(C)cc(N(C)S(=O)(=O)c2c(Br)nnn2C)c1. The first kappa shape index (κ1) is 15.0. The van der Waals surface area contributed by atoms with Gasteiger partial charge in [-0.3, -0.25) is 4.31 Å². The lowest BCUT2D eigenvalue weighted by Crippen LogP contribution is -2.28. The molecule has 1 aromatic heterocycles. The zero-order chi connectivity index (χ0) is 15.1. The molecule has 2 rings (SSSR count). The summed E-state index contributed by atoms with van der Waals surface area (Å²) in [5.74, 6) is 0. The minimum atomic E-state index is -3.72. The van der Waals surface area contributed by atoms with Crippen LogP contribution in [-0.4, -0.2) is 30.5 Å². The summed E-state index contributed by atoms with van der Waals surface area (Å²) in [6, 6.07) is 5.63. The third-order valence-corrected chi connectivity index (χ3v) is 5.59. The van der Waals surface area contributed by atoms with Crippen LogP contribution in [0.1, 0.15) is 11.1 Å². The minimum absolute atomic E-state index is 0.0270. The average molecular weight is 359 g/mol. The van der Waals surface area contributed by atoms with Crippen LogP contribution < -0.4 is 4.31 Å². The van der Waals surface area contributed by atoms with E-state index in [2.05, 4.69) is 26.2 Å². The van der Waals surface area contributed by atoms with Crippen LogP contribution in [0.25, 0.3) is 0 Å². The fourth-order valence-electron chi connectivity index (χ4n) is 2.00. The summed E-state index contributed by atoms with van der Waals surface area (Å²) < 4.78 is 28.0. The van der Waals surface area contributed by atoms with Gasteiger partial charge in [0.25, 0.3) is 10.0 Å². The highest BCUT2D eigenvalue weighted by Gasteiger charge is 2.29. The molecule has 8 heteroatoms. The average Bonchev–Trinajstić information content (AvgIpc) is 2.67. The Morgan fingerprint density at radius 1 is 1.20 bits per heavy atom. The standard InChI is InChI=1S/C12H15BrN4O2S/c1-8-5-9(2)7-10(6-8)17(4)20(18,19)12-11(13)14-15-16(12)3/h5-7H,1-4H3. The predicted octanol–water partition coefficient (Wildman–Crippen LogP) is 2.02. The van der Waals surface area contributed by atoms with Crippen LogP contribution in [0, 0.1) is 13.8 Å². The van der Waals surface area contributed by atoms with Gasteiger partial charge in [0.05, 0.1) is 5.69 Å². The Morgan fingerprint density at radius 2 is 1.75 bits per heavy atom. The predicted molar refractivity (Wildman–Crippen MR) is 80.2 cm³/mol. The molecule has 0 saturated heterocycles. The van der Waals surface area contributed by atoms with Crippen molar-refractivity contribution in [2.75, 3.05) is 11.4 Å². The van der Waals surface area contributed by atoms with E-state index in [4.69, 9.17) is 0 Å². The Labute approximate surface area is 126 Å². The van der Waals surface area contributed by atoms with Gasteiger partial charge in [-0.1, -0.05) is 11.3 Å². The van der Waals surface area contributed by atoms with Crippen molar-refractivity contribution in [3.05, 3.63) is 33.9 Å². The third-order valence-electron chi connectivity index (χ3n) is 2.91. The van der Waals surface area contributed by atoms with Gasteiger partial charge in [0.2, 0.25) is 5.03 Å². The molecule has 1 aromatic carbocycles. The molecule has 1 heterocycles. The molecule has 6 nitrogen and oxygen atoms in total. The molecule has 2 aromatic rings.